The molecule has 5 heteroatoms. The number of para-hydroxylation sites is 1. The minimum atomic E-state index is -0.582. The lowest BCUT2D eigenvalue weighted by molar-refractivity contribution is -0.0926. The second kappa shape index (κ2) is 6.36. The Balaban J connectivity index is 2.08. The summed E-state index contributed by atoms with van der Waals surface area (Å²) in [7, 11) is 0. The first-order chi connectivity index (χ1) is 9.72. The average molecular weight is 267 g/mol. The number of carbonyl (C=O) groups excluding carboxylic acids is 1. The summed E-state index contributed by atoms with van der Waals surface area (Å²) in [6.45, 7) is 0.132. The summed E-state index contributed by atoms with van der Waals surface area (Å²) in [4.78, 5) is 17.3. The molecule has 2 aromatic rings. The van der Waals surface area contributed by atoms with Crippen molar-refractivity contribution in [2.24, 2.45) is 0 Å². The largest absolute Gasteiger partial charge is 0.398 e. The predicted octanol–water partition coefficient (Wildman–Crippen LogP) is 2.32. The third-order valence-electron chi connectivity index (χ3n) is 2.67. The number of rotatable bonds is 4. The van der Waals surface area contributed by atoms with Gasteiger partial charge in [-0.25, -0.2) is 0 Å². The van der Waals surface area contributed by atoms with Crippen molar-refractivity contribution >= 4 is 11.6 Å². The summed E-state index contributed by atoms with van der Waals surface area (Å²) in [5.74, 6) is -0.582. The van der Waals surface area contributed by atoms with Gasteiger partial charge in [0.2, 0.25) is 6.19 Å². The van der Waals surface area contributed by atoms with Crippen LogP contribution in [0.4, 0.5) is 5.69 Å². The van der Waals surface area contributed by atoms with E-state index in [2.05, 4.69) is 0 Å². The molecule has 2 rings (SSSR count). The summed E-state index contributed by atoms with van der Waals surface area (Å²) in [5.41, 5.74) is 7.12. The first kappa shape index (κ1) is 13.6. The van der Waals surface area contributed by atoms with Gasteiger partial charge in [0.05, 0.1) is 5.56 Å². The van der Waals surface area contributed by atoms with Gasteiger partial charge in [-0.2, -0.15) is 5.26 Å². The van der Waals surface area contributed by atoms with E-state index in [-0.39, 0.29) is 12.2 Å². The van der Waals surface area contributed by atoms with Crippen molar-refractivity contribution < 1.29 is 9.63 Å². The van der Waals surface area contributed by atoms with Gasteiger partial charge in [0.25, 0.3) is 5.91 Å². The number of amides is 1. The molecule has 0 aromatic heterocycles. The van der Waals surface area contributed by atoms with Gasteiger partial charge < -0.3 is 5.73 Å². The van der Waals surface area contributed by atoms with Crippen molar-refractivity contribution in [1.29, 1.82) is 5.26 Å². The first-order valence-corrected chi connectivity index (χ1v) is 5.98. The number of benzene rings is 2. The van der Waals surface area contributed by atoms with E-state index in [0.717, 1.165) is 5.56 Å². The molecule has 0 aliphatic heterocycles. The molecule has 20 heavy (non-hydrogen) atoms. The van der Waals surface area contributed by atoms with Crippen LogP contribution in [0.3, 0.4) is 0 Å². The zero-order valence-electron chi connectivity index (χ0n) is 10.7. The quantitative estimate of drug-likeness (QED) is 0.399. The molecule has 0 radical (unpaired) electrons. The summed E-state index contributed by atoms with van der Waals surface area (Å²) in [5, 5.41) is 9.65. The van der Waals surface area contributed by atoms with E-state index in [9.17, 15) is 4.79 Å². The molecule has 100 valence electrons. The number of carbonyl (C=O) groups is 1. The summed E-state index contributed by atoms with van der Waals surface area (Å²) in [6.07, 6.45) is 1.70. The van der Waals surface area contributed by atoms with Crippen LogP contribution in [-0.2, 0) is 11.4 Å². The van der Waals surface area contributed by atoms with Gasteiger partial charge in [0.15, 0.2) is 0 Å². The van der Waals surface area contributed by atoms with Crippen LogP contribution in [0.5, 0.6) is 0 Å². The Hall–Kier alpha value is -2.84. The zero-order chi connectivity index (χ0) is 14.4. The Kier molecular flexibility index (Phi) is 4.32. The molecular formula is C15H13N3O2. The van der Waals surface area contributed by atoms with E-state index in [1.165, 1.54) is 0 Å². The van der Waals surface area contributed by atoms with Crippen LogP contribution in [0.15, 0.2) is 54.6 Å². The molecule has 5 nitrogen and oxygen atoms in total. The Bertz CT molecular complexity index is 635. The van der Waals surface area contributed by atoms with Gasteiger partial charge >= 0.3 is 0 Å². The van der Waals surface area contributed by atoms with Gasteiger partial charge in [-0.15, -0.1) is 5.06 Å². The van der Waals surface area contributed by atoms with Crippen LogP contribution in [0.25, 0.3) is 0 Å². The molecule has 0 aliphatic carbocycles. The van der Waals surface area contributed by atoms with Crippen molar-refractivity contribution in [3.8, 4) is 6.19 Å². The van der Waals surface area contributed by atoms with Crippen LogP contribution >= 0.6 is 0 Å². The highest BCUT2D eigenvalue weighted by atomic mass is 16.7. The van der Waals surface area contributed by atoms with Gasteiger partial charge in [-0.05, 0) is 17.7 Å². The number of anilines is 1. The molecule has 0 saturated heterocycles. The van der Waals surface area contributed by atoms with Crippen LogP contribution in [0, 0.1) is 11.5 Å². The number of nitriles is 1. The number of nitrogen functional groups attached to an aromatic ring is 1. The van der Waals surface area contributed by atoms with Crippen LogP contribution in [0.1, 0.15) is 15.9 Å². The third kappa shape index (κ3) is 3.13. The normalized spacial score (nSPS) is 9.75. The van der Waals surface area contributed by atoms with E-state index in [4.69, 9.17) is 15.8 Å². The Morgan fingerprint density at radius 1 is 1.15 bits per heavy atom. The highest BCUT2D eigenvalue weighted by molar-refractivity contribution is 5.99. The summed E-state index contributed by atoms with van der Waals surface area (Å²) < 4.78 is 0. The lowest BCUT2D eigenvalue weighted by Crippen LogP contribution is -2.27. The minimum Gasteiger partial charge on any atom is -0.398 e. The molecule has 1 amide bonds. The smallest absolute Gasteiger partial charge is 0.293 e. The molecule has 0 bridgehead atoms. The summed E-state index contributed by atoms with van der Waals surface area (Å²) in [6, 6.07) is 15.8. The van der Waals surface area contributed by atoms with Crippen molar-refractivity contribution in [2.45, 2.75) is 6.61 Å². The second-order valence-electron chi connectivity index (χ2n) is 4.05. The molecule has 2 aromatic carbocycles. The third-order valence-corrected chi connectivity index (χ3v) is 2.67. The van der Waals surface area contributed by atoms with Crippen molar-refractivity contribution in [1.82, 2.24) is 5.06 Å². The van der Waals surface area contributed by atoms with Crippen LogP contribution in [-0.4, -0.2) is 11.0 Å². The molecular weight excluding hydrogens is 254 g/mol. The molecule has 0 heterocycles. The summed E-state index contributed by atoms with van der Waals surface area (Å²) >= 11 is 0. The Morgan fingerprint density at radius 2 is 1.80 bits per heavy atom. The molecule has 0 unspecified atom stereocenters. The standard InChI is InChI=1S/C15H13N3O2/c16-11-18(20-10-12-6-2-1-3-7-12)15(19)13-8-4-5-9-14(13)17/h1-9H,10,17H2. The highest BCUT2D eigenvalue weighted by Crippen LogP contribution is 2.14. The zero-order valence-corrected chi connectivity index (χ0v) is 10.7. The van der Waals surface area contributed by atoms with Crippen molar-refractivity contribution in [3.63, 3.8) is 0 Å². The van der Waals surface area contributed by atoms with Gasteiger partial charge in [0, 0.05) is 5.69 Å². The Labute approximate surface area is 116 Å². The molecule has 0 saturated carbocycles. The van der Waals surface area contributed by atoms with E-state index < -0.39 is 5.91 Å². The number of hydrogen-bond acceptors (Lipinski definition) is 4. The average Bonchev–Trinajstić information content (AvgIpc) is 2.49. The number of nitrogens with zero attached hydrogens (tertiary/aromatic N) is 2. The fourth-order valence-electron chi connectivity index (χ4n) is 1.65. The monoisotopic (exact) mass is 267 g/mol. The minimum absolute atomic E-state index is 0.132. The molecule has 0 spiro atoms. The molecule has 0 fully saturated rings. The SMILES string of the molecule is N#CN(OCc1ccccc1)C(=O)c1ccccc1N. The fraction of sp³-hybridized carbons (Fsp3) is 0.0667. The fourth-order valence-corrected chi connectivity index (χ4v) is 1.65. The predicted molar refractivity (Wildman–Crippen MR) is 73.9 cm³/mol. The maximum Gasteiger partial charge on any atom is 0.293 e. The first-order valence-electron chi connectivity index (χ1n) is 5.98. The number of nitrogens with two attached hydrogens (primary N) is 1. The van der Waals surface area contributed by atoms with E-state index in [1.807, 2.05) is 30.3 Å². The van der Waals surface area contributed by atoms with Crippen LogP contribution in [0.2, 0.25) is 0 Å². The van der Waals surface area contributed by atoms with Gasteiger partial charge in [-0.3, -0.25) is 9.63 Å². The highest BCUT2D eigenvalue weighted by Gasteiger charge is 2.18. The lowest BCUT2D eigenvalue weighted by Gasteiger charge is -2.14. The van der Waals surface area contributed by atoms with Crippen molar-refractivity contribution in [3.05, 3.63) is 65.7 Å². The maximum atomic E-state index is 12.1. The molecule has 0 aliphatic rings. The number of hydroxylamine groups is 2. The van der Waals surface area contributed by atoms with Crippen LogP contribution < -0.4 is 5.73 Å². The second-order valence-corrected chi connectivity index (χ2v) is 4.05. The maximum absolute atomic E-state index is 12.1. The topological polar surface area (TPSA) is 79.4 Å². The van der Waals surface area contributed by atoms with Gasteiger partial charge in [0.1, 0.15) is 6.61 Å². The Morgan fingerprint density at radius 3 is 2.45 bits per heavy atom. The molecule has 2 N–H and O–H groups in total. The molecule has 0 atom stereocenters. The van der Waals surface area contributed by atoms with E-state index in [0.29, 0.717) is 10.8 Å². The van der Waals surface area contributed by atoms with Crippen molar-refractivity contribution in [2.75, 3.05) is 5.73 Å². The van der Waals surface area contributed by atoms with E-state index >= 15 is 0 Å². The number of hydrogen-bond donors (Lipinski definition) is 1. The van der Waals surface area contributed by atoms with E-state index in [1.54, 1.807) is 30.5 Å². The lowest BCUT2D eigenvalue weighted by atomic mass is 10.2. The van der Waals surface area contributed by atoms with Gasteiger partial charge in [-0.1, -0.05) is 42.5 Å².